The maximum absolute atomic E-state index is 13.0. The first kappa shape index (κ1) is 98.1. The van der Waals surface area contributed by atoms with Crippen LogP contribution < -0.4 is 18.9 Å². The van der Waals surface area contributed by atoms with Crippen LogP contribution in [0.5, 0.6) is 69.0 Å². The first-order chi connectivity index (χ1) is 64.5. The Morgan fingerprint density at radius 1 is 0.257 bits per heavy atom. The summed E-state index contributed by atoms with van der Waals surface area (Å²) >= 11 is 0. The number of carboxylic acid groups (broad SMARTS) is 2. The number of hydrogen-bond acceptors (Lipinski definition) is 18. The molecule has 0 unspecified atom stereocenters. The van der Waals surface area contributed by atoms with Gasteiger partial charge in [0.25, 0.3) is 12.9 Å². The molecule has 0 heterocycles. The highest BCUT2D eigenvalue weighted by Crippen LogP contribution is 2.60. The summed E-state index contributed by atoms with van der Waals surface area (Å²) in [6.45, 7) is 36.7. The number of hydrogen-bond donors (Lipinski definition) is 10. The molecule has 20 heteroatoms. The molecule has 0 spiro atoms. The Labute approximate surface area is 796 Å². The van der Waals surface area contributed by atoms with Gasteiger partial charge in [0.1, 0.15) is 69.0 Å². The maximum atomic E-state index is 13.0. The smallest absolute Gasteiger partial charge is 0.341 e. The van der Waals surface area contributed by atoms with E-state index in [9.17, 15) is 70.2 Å². The van der Waals surface area contributed by atoms with E-state index in [2.05, 4.69) is 48.5 Å². The van der Waals surface area contributed by atoms with Crippen LogP contribution in [-0.2, 0) is 39.5 Å². The van der Waals surface area contributed by atoms with Crippen LogP contribution in [0.25, 0.3) is 0 Å². The number of carboxylic acids is 2. The summed E-state index contributed by atoms with van der Waals surface area (Å²) < 4.78 is 37.6. The molecule has 136 heavy (non-hydrogen) atoms. The van der Waals surface area contributed by atoms with Crippen LogP contribution in [0, 0.1) is 150 Å². The van der Waals surface area contributed by atoms with Crippen LogP contribution in [-0.4, -0.2) is 103 Å². The summed E-state index contributed by atoms with van der Waals surface area (Å²) in [6, 6.07) is 47.3. The van der Waals surface area contributed by atoms with Crippen molar-refractivity contribution in [3.05, 3.63) is 346 Å². The number of carbonyl (C=O) groups is 4. The molecule has 12 aromatic carbocycles. The fourth-order valence-corrected chi connectivity index (χ4v) is 22.2. The van der Waals surface area contributed by atoms with Gasteiger partial charge in [0.2, 0.25) is 13.6 Å². The van der Waals surface area contributed by atoms with Crippen molar-refractivity contribution in [1.29, 1.82) is 0 Å². The van der Waals surface area contributed by atoms with Crippen LogP contribution in [0.3, 0.4) is 0 Å². The van der Waals surface area contributed by atoms with E-state index in [1.165, 1.54) is 0 Å². The average Bonchev–Trinajstić information content (AvgIpc) is 0.749. The summed E-state index contributed by atoms with van der Waals surface area (Å²) in [7, 11) is 0. The van der Waals surface area contributed by atoms with E-state index in [-0.39, 0.29) is 57.8 Å². The molecule has 0 radical (unpaired) electrons. The first-order valence-corrected chi connectivity index (χ1v) is 46.5. The summed E-state index contributed by atoms with van der Waals surface area (Å²) in [5.41, 5.74) is 25.0. The minimum Gasteiger partial charge on any atom is -0.508 e. The van der Waals surface area contributed by atoms with Crippen LogP contribution >= 0.6 is 0 Å². The molecule has 2 saturated carbocycles. The molecule has 12 aromatic rings. The van der Waals surface area contributed by atoms with Crippen molar-refractivity contribution in [2.24, 2.45) is 11.8 Å². The quantitative estimate of drug-likeness (QED) is 0.00835. The van der Waals surface area contributed by atoms with E-state index in [0.29, 0.717) is 176 Å². The molecule has 710 valence electrons. The van der Waals surface area contributed by atoms with Crippen molar-refractivity contribution in [1.82, 2.24) is 0 Å². The average molecular weight is 1840 g/mol. The zero-order valence-corrected chi connectivity index (χ0v) is 81.5. The van der Waals surface area contributed by atoms with E-state index < -0.39 is 73.2 Å². The van der Waals surface area contributed by atoms with E-state index in [1.54, 1.807) is 48.5 Å². The number of carbonyl (C=O) groups excluding carboxylic acids is 2. The molecule has 14 rings (SSSR count). The molecule has 0 aliphatic heterocycles. The largest absolute Gasteiger partial charge is 0.508 e. The number of aryl methyl sites for hydroxylation is 20. The molecule has 20 nitrogen and oxygen atoms in total. The van der Waals surface area contributed by atoms with Gasteiger partial charge in [-0.3, -0.25) is 9.59 Å². The van der Waals surface area contributed by atoms with Gasteiger partial charge in [-0.15, -0.1) is 0 Å². The van der Waals surface area contributed by atoms with Gasteiger partial charge in [-0.1, -0.05) is 97.1 Å². The van der Waals surface area contributed by atoms with Gasteiger partial charge >= 0.3 is 11.9 Å². The number of phenolic OH excluding ortho intramolecular Hbond substituents is 8. The Hall–Kier alpha value is -13.9. The lowest BCUT2D eigenvalue weighted by molar-refractivity contribution is -0.140. The second-order valence-corrected chi connectivity index (χ2v) is 38.8. The number of aliphatic carboxylic acids is 2. The van der Waals surface area contributed by atoms with Crippen LogP contribution in [0.4, 0.5) is 0 Å². The number of phenols is 8. The summed E-state index contributed by atoms with van der Waals surface area (Å²) in [5, 5.41) is 113. The molecule has 2 fully saturated rings. The van der Waals surface area contributed by atoms with Crippen molar-refractivity contribution >= 4 is 24.9 Å². The van der Waals surface area contributed by atoms with Gasteiger partial charge in [-0.2, -0.15) is 0 Å². The SMILES string of the molecule is Cc1cc(C(c2cc(C)c(O)cc2C)c2cc(C3(c4cc(C)c(OCC(=O)O)c(C(c5cc(C)c(O)cc5C)c5cc(C)c(O)cc5C)c4)CCC(C4CCC(c5cc(C)c(OCOC=O)c(C(c6cc(C)c(O)cc6C)c6cc(C)c(O)cc6C)c5)(c5cc(C)c(OCC(=O)O)c(C(c6cc(C)c(O)cc6C)c6cc(C)c(O)cc6C)c5)CC4)CC3)cc(C)c2OCOC=O)c(C)cc1O. The third kappa shape index (κ3) is 19.2. The second kappa shape index (κ2) is 39.6. The Balaban J connectivity index is 1.02. The number of rotatable bonds is 31. The van der Waals surface area contributed by atoms with Crippen molar-refractivity contribution in [3.8, 4) is 69.0 Å². The van der Waals surface area contributed by atoms with Crippen LogP contribution in [0.2, 0.25) is 0 Å². The highest BCUT2D eigenvalue weighted by molar-refractivity contribution is 5.72. The fourth-order valence-electron chi connectivity index (χ4n) is 22.2. The molecule has 0 atom stereocenters. The monoisotopic (exact) mass is 1840 g/mol. The van der Waals surface area contributed by atoms with E-state index in [0.717, 1.165) is 111 Å². The summed E-state index contributed by atoms with van der Waals surface area (Å²) in [6.07, 6.45) is 4.95. The predicted octanol–water partition coefficient (Wildman–Crippen LogP) is 23.8. The Kier molecular flexibility index (Phi) is 28.6. The molecular weight excluding hydrogens is 1710 g/mol. The lowest BCUT2D eigenvalue weighted by Gasteiger charge is -2.48. The van der Waals surface area contributed by atoms with Gasteiger partial charge in [0.05, 0.1) is 0 Å². The molecule has 0 aromatic heterocycles. The third-order valence-corrected chi connectivity index (χ3v) is 29.6. The lowest BCUT2D eigenvalue weighted by atomic mass is 9.56. The molecule has 2 aliphatic rings. The maximum Gasteiger partial charge on any atom is 0.341 e. The molecular formula is C116H126O20. The van der Waals surface area contributed by atoms with E-state index in [1.807, 2.05) is 187 Å². The van der Waals surface area contributed by atoms with Gasteiger partial charge in [-0.25, -0.2) is 9.59 Å². The van der Waals surface area contributed by atoms with E-state index >= 15 is 0 Å². The van der Waals surface area contributed by atoms with Gasteiger partial charge in [-0.05, 0) is 428 Å². The fraction of sp³-hybridized carbons (Fsp3) is 0.345. The van der Waals surface area contributed by atoms with Crippen LogP contribution in [0.1, 0.15) is 275 Å². The molecule has 0 saturated heterocycles. The standard InChI is InChI=1S/C116H126O20/c1-59-41-97(119)67(9)33-85(59)107(86-34-68(10)98(120)42-60(86)2)93-49-81(29-75(17)111(93)133-53-105(127)128)115(83-31-77(19)113(135-57-131-55-117)95(51-83)109(89-37-71(13)101(123)45-63(89)5)90-38-72(14)102(124)46-64(90)6)25-21-79(22-26-115)80-23-27-116(28-24-80,82-30-76(18)112(134-54-106(129)130)94(50-82)108(87-35-69(11)99(121)43-61(87)3)88-36-70(12)100(122)44-62(88)4)84-32-78(20)114(136-58-132-56-118)96(52-84)110(91-39-73(15)103(125)47-65(91)7)92-40-74(16)104(126)48-66(92)8/h29-52,55-56,79-80,107-110,119-126H,21-28,53-54,57-58H2,1-20H3,(H,127,128)(H,129,130). The lowest BCUT2D eigenvalue weighted by Crippen LogP contribution is -2.39. The Bertz CT molecular complexity index is 6080. The molecule has 0 bridgehead atoms. The van der Waals surface area contributed by atoms with Crippen molar-refractivity contribution in [2.45, 2.75) is 224 Å². The van der Waals surface area contributed by atoms with Crippen molar-refractivity contribution in [2.75, 3.05) is 26.8 Å². The molecule has 0 amide bonds. The highest BCUT2D eigenvalue weighted by atomic mass is 16.7. The molecule has 10 N–H and O–H groups in total. The first-order valence-electron chi connectivity index (χ1n) is 46.5. The Morgan fingerprint density at radius 2 is 0.434 bits per heavy atom. The topological polar surface area (TPSA) is 326 Å². The highest BCUT2D eigenvalue weighted by Gasteiger charge is 2.48. The number of benzene rings is 12. The van der Waals surface area contributed by atoms with Gasteiger partial charge in [0.15, 0.2) is 13.2 Å². The Morgan fingerprint density at radius 3 is 0.603 bits per heavy atom. The normalized spacial score (nSPS) is 16.1. The van der Waals surface area contributed by atoms with Gasteiger partial charge < -0.3 is 79.5 Å². The van der Waals surface area contributed by atoms with E-state index in [4.69, 9.17) is 28.4 Å². The zero-order valence-electron chi connectivity index (χ0n) is 81.5. The minimum absolute atomic E-state index is 0.0797. The van der Waals surface area contributed by atoms with Crippen molar-refractivity contribution < 1.29 is 98.7 Å². The zero-order chi connectivity index (χ0) is 98.4. The van der Waals surface area contributed by atoms with Crippen molar-refractivity contribution in [3.63, 3.8) is 0 Å². The van der Waals surface area contributed by atoms with Crippen LogP contribution in [0.15, 0.2) is 146 Å². The van der Waals surface area contributed by atoms with Gasteiger partial charge in [0, 0.05) is 56.8 Å². The third-order valence-electron chi connectivity index (χ3n) is 29.6. The minimum atomic E-state index is -1.18. The summed E-state index contributed by atoms with van der Waals surface area (Å²) in [5.74, 6) is -2.45. The second-order valence-electron chi connectivity index (χ2n) is 38.8. The molecule has 2 aliphatic carbocycles. The predicted molar refractivity (Wildman–Crippen MR) is 526 cm³/mol. The summed E-state index contributed by atoms with van der Waals surface area (Å²) in [4.78, 5) is 50.5. The number of aromatic hydroxyl groups is 8. The number of ether oxygens (including phenoxy) is 6.